The Morgan fingerprint density at radius 3 is 2.30 bits per heavy atom. The number of carbonyl (C=O) groups is 2. The van der Waals surface area contributed by atoms with E-state index < -0.39 is 11.7 Å². The Morgan fingerprint density at radius 1 is 0.900 bits per heavy atom. The molecule has 2 rings (SSSR count). The number of hydrogen-bond acceptors (Lipinski definition) is 6. The maximum atomic E-state index is 12.7. The standard InChI is InChI=1S/C22H28N2O6/c1-22(2,3)30-21(26)24-16-8-6-7-15(13-16)20(25)23-17-9-10-18(28-5)19(14-17)29-12-11-27-4/h6-10,13-14H,11-12H2,1-5H3,(H,23,25)(H,24,26). The molecule has 0 aliphatic heterocycles. The molecule has 2 aromatic rings. The quantitative estimate of drug-likeness (QED) is 0.623. The van der Waals surface area contributed by atoms with Gasteiger partial charge in [0.15, 0.2) is 11.5 Å². The summed E-state index contributed by atoms with van der Waals surface area (Å²) in [4.78, 5) is 24.6. The minimum Gasteiger partial charge on any atom is -0.493 e. The van der Waals surface area contributed by atoms with Crippen molar-refractivity contribution < 1.29 is 28.5 Å². The molecule has 0 bridgehead atoms. The van der Waals surface area contributed by atoms with E-state index in [1.807, 2.05) is 0 Å². The van der Waals surface area contributed by atoms with Crippen LogP contribution in [0.2, 0.25) is 0 Å². The van der Waals surface area contributed by atoms with Gasteiger partial charge in [0.25, 0.3) is 5.91 Å². The lowest BCUT2D eigenvalue weighted by molar-refractivity contribution is 0.0635. The molecule has 162 valence electrons. The van der Waals surface area contributed by atoms with Crippen LogP contribution in [0.4, 0.5) is 16.2 Å². The highest BCUT2D eigenvalue weighted by Crippen LogP contribution is 2.30. The average Bonchev–Trinajstić information content (AvgIpc) is 2.67. The molecule has 0 unspecified atom stereocenters. The van der Waals surface area contributed by atoms with Gasteiger partial charge < -0.3 is 24.3 Å². The van der Waals surface area contributed by atoms with Crippen molar-refractivity contribution in [2.45, 2.75) is 26.4 Å². The van der Waals surface area contributed by atoms with Crippen LogP contribution in [0.25, 0.3) is 0 Å². The highest BCUT2D eigenvalue weighted by Gasteiger charge is 2.17. The molecule has 2 amide bonds. The fourth-order valence-corrected chi connectivity index (χ4v) is 2.47. The highest BCUT2D eigenvalue weighted by molar-refractivity contribution is 6.05. The van der Waals surface area contributed by atoms with Crippen LogP contribution in [0.5, 0.6) is 11.5 Å². The van der Waals surface area contributed by atoms with E-state index in [0.717, 1.165) is 0 Å². The number of hydrogen-bond donors (Lipinski definition) is 2. The minimum absolute atomic E-state index is 0.337. The van der Waals surface area contributed by atoms with Crippen LogP contribution in [0.1, 0.15) is 31.1 Å². The average molecular weight is 416 g/mol. The molecular formula is C22H28N2O6. The summed E-state index contributed by atoms with van der Waals surface area (Å²) in [5.74, 6) is 0.705. The lowest BCUT2D eigenvalue weighted by atomic mass is 10.1. The maximum Gasteiger partial charge on any atom is 0.412 e. The number of benzene rings is 2. The second-order valence-corrected chi connectivity index (χ2v) is 7.37. The van der Waals surface area contributed by atoms with E-state index in [4.69, 9.17) is 18.9 Å². The Balaban J connectivity index is 2.08. The van der Waals surface area contributed by atoms with E-state index in [1.54, 1.807) is 77.5 Å². The van der Waals surface area contributed by atoms with Gasteiger partial charge in [-0.05, 0) is 51.1 Å². The molecule has 0 aromatic heterocycles. The zero-order chi connectivity index (χ0) is 22.1. The first-order valence-electron chi connectivity index (χ1n) is 9.43. The zero-order valence-corrected chi connectivity index (χ0v) is 17.9. The van der Waals surface area contributed by atoms with Gasteiger partial charge in [-0.2, -0.15) is 0 Å². The number of methoxy groups -OCH3 is 2. The molecule has 2 aromatic carbocycles. The summed E-state index contributed by atoms with van der Waals surface area (Å²) in [6, 6.07) is 11.7. The lowest BCUT2D eigenvalue weighted by Crippen LogP contribution is -2.27. The Kier molecular flexibility index (Phi) is 8.06. The van der Waals surface area contributed by atoms with Gasteiger partial charge in [-0.15, -0.1) is 0 Å². The summed E-state index contributed by atoms with van der Waals surface area (Å²) >= 11 is 0. The van der Waals surface area contributed by atoms with E-state index >= 15 is 0 Å². The topological polar surface area (TPSA) is 95.1 Å². The maximum absolute atomic E-state index is 12.7. The van der Waals surface area contributed by atoms with Crippen LogP contribution in [0.3, 0.4) is 0 Å². The number of nitrogens with one attached hydrogen (secondary N) is 2. The summed E-state index contributed by atoms with van der Waals surface area (Å²) < 4.78 is 21.1. The Labute approximate surface area is 176 Å². The molecule has 2 N–H and O–H groups in total. The largest absolute Gasteiger partial charge is 0.493 e. The smallest absolute Gasteiger partial charge is 0.412 e. The van der Waals surface area contributed by atoms with Gasteiger partial charge >= 0.3 is 6.09 Å². The molecule has 30 heavy (non-hydrogen) atoms. The molecule has 0 atom stereocenters. The second-order valence-electron chi connectivity index (χ2n) is 7.37. The number of rotatable bonds is 8. The molecule has 8 heteroatoms. The SMILES string of the molecule is COCCOc1cc(NC(=O)c2cccc(NC(=O)OC(C)(C)C)c2)ccc1OC. The van der Waals surface area contributed by atoms with Crippen molar-refractivity contribution in [2.24, 2.45) is 0 Å². The van der Waals surface area contributed by atoms with Gasteiger partial charge in [0.1, 0.15) is 12.2 Å². The van der Waals surface area contributed by atoms with Crippen molar-refractivity contribution in [3.63, 3.8) is 0 Å². The third-order valence-electron chi connectivity index (χ3n) is 3.74. The van der Waals surface area contributed by atoms with E-state index in [0.29, 0.717) is 41.7 Å². The van der Waals surface area contributed by atoms with Gasteiger partial charge in [0.2, 0.25) is 0 Å². The van der Waals surface area contributed by atoms with Crippen LogP contribution < -0.4 is 20.1 Å². The van der Waals surface area contributed by atoms with Gasteiger partial charge in [-0.25, -0.2) is 4.79 Å². The molecule has 0 radical (unpaired) electrons. The predicted molar refractivity (Wildman–Crippen MR) is 115 cm³/mol. The summed E-state index contributed by atoms with van der Waals surface area (Å²) in [6.07, 6.45) is -0.590. The lowest BCUT2D eigenvalue weighted by Gasteiger charge is -2.19. The van der Waals surface area contributed by atoms with Crippen LogP contribution in [-0.2, 0) is 9.47 Å². The molecule has 8 nitrogen and oxygen atoms in total. The molecular weight excluding hydrogens is 388 g/mol. The van der Waals surface area contributed by atoms with E-state index in [2.05, 4.69) is 10.6 Å². The Bertz CT molecular complexity index is 876. The van der Waals surface area contributed by atoms with Crippen LogP contribution >= 0.6 is 0 Å². The van der Waals surface area contributed by atoms with Crippen molar-refractivity contribution in [2.75, 3.05) is 38.1 Å². The van der Waals surface area contributed by atoms with Gasteiger partial charge in [-0.3, -0.25) is 10.1 Å². The first-order chi connectivity index (χ1) is 14.2. The number of anilines is 2. The number of carbonyl (C=O) groups excluding carboxylic acids is 2. The molecule has 0 aliphatic rings. The fourth-order valence-electron chi connectivity index (χ4n) is 2.47. The second kappa shape index (κ2) is 10.5. The molecule has 0 saturated heterocycles. The molecule has 0 spiro atoms. The first kappa shape index (κ1) is 23.0. The molecule has 0 heterocycles. The van der Waals surface area contributed by atoms with Crippen LogP contribution in [0, 0.1) is 0 Å². The van der Waals surface area contributed by atoms with Crippen molar-refractivity contribution in [1.82, 2.24) is 0 Å². The van der Waals surface area contributed by atoms with Crippen LogP contribution in [-0.4, -0.2) is 45.0 Å². The molecule has 0 saturated carbocycles. The molecule has 0 aliphatic carbocycles. The summed E-state index contributed by atoms with van der Waals surface area (Å²) in [6.45, 7) is 6.11. The van der Waals surface area contributed by atoms with Crippen molar-refractivity contribution in [1.29, 1.82) is 0 Å². The Hall–Kier alpha value is -3.26. The third-order valence-corrected chi connectivity index (χ3v) is 3.74. The third kappa shape index (κ3) is 7.29. The molecule has 0 fully saturated rings. The van der Waals surface area contributed by atoms with Crippen molar-refractivity contribution >= 4 is 23.4 Å². The summed E-state index contributed by atoms with van der Waals surface area (Å²) in [5.41, 5.74) is 0.756. The number of amides is 2. The predicted octanol–water partition coefficient (Wildman–Crippen LogP) is 4.32. The van der Waals surface area contributed by atoms with Gasteiger partial charge in [0, 0.05) is 30.1 Å². The van der Waals surface area contributed by atoms with Gasteiger partial charge in [-0.1, -0.05) is 6.07 Å². The monoisotopic (exact) mass is 416 g/mol. The zero-order valence-electron chi connectivity index (χ0n) is 17.9. The van der Waals surface area contributed by atoms with E-state index in [-0.39, 0.29) is 5.91 Å². The highest BCUT2D eigenvalue weighted by atomic mass is 16.6. The van der Waals surface area contributed by atoms with Crippen LogP contribution in [0.15, 0.2) is 42.5 Å². The van der Waals surface area contributed by atoms with E-state index in [1.165, 1.54) is 0 Å². The minimum atomic E-state index is -0.615. The summed E-state index contributed by atoms with van der Waals surface area (Å²) in [5, 5.41) is 5.43. The number of ether oxygens (including phenoxy) is 4. The fraction of sp³-hybridized carbons (Fsp3) is 0.364. The first-order valence-corrected chi connectivity index (χ1v) is 9.43. The Morgan fingerprint density at radius 2 is 1.63 bits per heavy atom. The summed E-state index contributed by atoms with van der Waals surface area (Å²) in [7, 11) is 3.13. The van der Waals surface area contributed by atoms with Crippen molar-refractivity contribution in [3.8, 4) is 11.5 Å². The normalized spacial score (nSPS) is 10.8. The van der Waals surface area contributed by atoms with Crippen molar-refractivity contribution in [3.05, 3.63) is 48.0 Å². The van der Waals surface area contributed by atoms with E-state index in [9.17, 15) is 9.59 Å². The van der Waals surface area contributed by atoms with Gasteiger partial charge in [0.05, 0.1) is 13.7 Å².